The second-order valence-corrected chi connectivity index (χ2v) is 5.74. The van der Waals surface area contributed by atoms with Crippen molar-refractivity contribution >= 4 is 28.5 Å². The van der Waals surface area contributed by atoms with E-state index in [9.17, 15) is 9.32 Å². The molecule has 3 rings (SSSR count). The molecule has 1 aromatic heterocycles. The van der Waals surface area contributed by atoms with E-state index < -0.39 is 5.97 Å². The summed E-state index contributed by atoms with van der Waals surface area (Å²) < 4.78 is 13.7. The molecule has 112 valence electrons. The first-order chi connectivity index (χ1) is 10.7. The lowest BCUT2D eigenvalue weighted by Crippen LogP contribution is -2.01. The number of nitrogens with zero attached hydrogens (tertiary/aromatic N) is 2. The van der Waals surface area contributed by atoms with Crippen molar-refractivity contribution in [1.82, 2.24) is 9.55 Å². The Bertz CT molecular complexity index is 827. The second-order valence-electron chi connectivity index (χ2n) is 4.77. The van der Waals surface area contributed by atoms with E-state index in [4.69, 9.17) is 0 Å². The van der Waals surface area contributed by atoms with E-state index in [-0.39, 0.29) is 5.75 Å². The maximum absolute atomic E-state index is 11.8. The van der Waals surface area contributed by atoms with Crippen molar-refractivity contribution in [3.8, 4) is 11.3 Å². The minimum Gasteiger partial charge on any atom is -0.333 e. The first kappa shape index (κ1) is 14.6. The molecular formula is C16H13FN2O2S. The predicted octanol–water partition coefficient (Wildman–Crippen LogP) is 3.76. The first-order valence-corrected chi connectivity index (χ1v) is 7.63. The van der Waals surface area contributed by atoms with E-state index in [1.807, 2.05) is 54.1 Å². The summed E-state index contributed by atoms with van der Waals surface area (Å²) in [6, 6.07) is 14.1. The van der Waals surface area contributed by atoms with Gasteiger partial charge in [-0.25, -0.2) is 9.78 Å². The SMILES string of the molecule is Cn1cnc(SCC(=O)OF)c1-c1cccc2ccccc12. The fourth-order valence-corrected chi connectivity index (χ4v) is 3.21. The van der Waals surface area contributed by atoms with Crippen LogP contribution in [0.5, 0.6) is 0 Å². The number of fused-ring (bicyclic) bond motifs is 1. The Morgan fingerprint density at radius 1 is 1.27 bits per heavy atom. The van der Waals surface area contributed by atoms with Crippen LogP contribution in [0.15, 0.2) is 53.8 Å². The zero-order valence-corrected chi connectivity index (χ0v) is 12.6. The zero-order valence-electron chi connectivity index (χ0n) is 11.8. The Morgan fingerprint density at radius 2 is 2.05 bits per heavy atom. The number of carbonyl (C=O) groups excluding carboxylic acids is 1. The maximum Gasteiger partial charge on any atom is 0.359 e. The van der Waals surface area contributed by atoms with Gasteiger partial charge >= 0.3 is 5.97 Å². The van der Waals surface area contributed by atoms with Crippen molar-refractivity contribution in [2.75, 3.05) is 5.75 Å². The number of thioether (sulfide) groups is 1. The molecule has 0 saturated carbocycles. The minimum atomic E-state index is -0.917. The molecule has 0 aliphatic heterocycles. The summed E-state index contributed by atoms with van der Waals surface area (Å²) in [5.41, 5.74) is 1.92. The average Bonchev–Trinajstić information content (AvgIpc) is 2.92. The van der Waals surface area contributed by atoms with Crippen LogP contribution >= 0.6 is 11.8 Å². The Morgan fingerprint density at radius 3 is 2.86 bits per heavy atom. The largest absolute Gasteiger partial charge is 0.359 e. The topological polar surface area (TPSA) is 44.1 Å². The molecule has 3 aromatic rings. The van der Waals surface area contributed by atoms with Crippen LogP contribution in [0, 0.1) is 0 Å². The van der Waals surface area contributed by atoms with Gasteiger partial charge in [-0.1, -0.05) is 54.2 Å². The summed E-state index contributed by atoms with van der Waals surface area (Å²) in [5.74, 6) is -1.04. The van der Waals surface area contributed by atoms with E-state index in [1.54, 1.807) is 6.33 Å². The Labute approximate surface area is 130 Å². The summed E-state index contributed by atoms with van der Waals surface area (Å²) >= 11 is 1.16. The van der Waals surface area contributed by atoms with E-state index >= 15 is 0 Å². The Hall–Kier alpha value is -2.34. The zero-order chi connectivity index (χ0) is 15.5. The van der Waals surface area contributed by atoms with Gasteiger partial charge in [-0.2, -0.15) is 0 Å². The Balaban J connectivity index is 2.07. The third-order valence-electron chi connectivity index (χ3n) is 3.36. The summed E-state index contributed by atoms with van der Waals surface area (Å²) in [7, 11) is 1.89. The number of hydrogen-bond donors (Lipinski definition) is 0. The molecule has 0 radical (unpaired) electrons. The molecule has 0 atom stereocenters. The number of carbonyl (C=O) groups is 1. The predicted molar refractivity (Wildman–Crippen MR) is 84.1 cm³/mol. The molecule has 0 unspecified atom stereocenters. The van der Waals surface area contributed by atoms with Gasteiger partial charge in [0.15, 0.2) is 0 Å². The molecule has 1 heterocycles. The maximum atomic E-state index is 11.8. The van der Waals surface area contributed by atoms with E-state index in [2.05, 4.69) is 9.93 Å². The van der Waals surface area contributed by atoms with Crippen molar-refractivity contribution in [1.29, 1.82) is 0 Å². The minimum absolute atomic E-state index is 0.120. The molecule has 0 aliphatic rings. The molecule has 4 nitrogen and oxygen atoms in total. The fourth-order valence-electron chi connectivity index (χ4n) is 2.40. The molecule has 0 N–H and O–H groups in total. The molecule has 0 aliphatic carbocycles. The number of imidazole rings is 1. The van der Waals surface area contributed by atoms with E-state index in [1.165, 1.54) is 0 Å². The number of rotatable bonds is 4. The molecule has 0 amide bonds. The average molecular weight is 316 g/mol. The van der Waals surface area contributed by atoms with E-state index in [0.29, 0.717) is 5.03 Å². The van der Waals surface area contributed by atoms with Gasteiger partial charge in [-0.05, 0) is 10.8 Å². The van der Waals surface area contributed by atoms with Crippen LogP contribution in [-0.4, -0.2) is 21.3 Å². The van der Waals surface area contributed by atoms with Crippen molar-refractivity contribution in [2.24, 2.45) is 7.05 Å². The highest BCUT2D eigenvalue weighted by molar-refractivity contribution is 8.00. The van der Waals surface area contributed by atoms with E-state index in [0.717, 1.165) is 33.8 Å². The smallest absolute Gasteiger partial charge is 0.333 e. The molecule has 6 heteroatoms. The number of hydrogen-bond acceptors (Lipinski definition) is 4. The van der Waals surface area contributed by atoms with Gasteiger partial charge in [0.25, 0.3) is 0 Å². The number of aryl methyl sites for hydroxylation is 1. The molecule has 0 fully saturated rings. The van der Waals surface area contributed by atoms with Crippen LogP contribution in [-0.2, 0) is 16.8 Å². The van der Waals surface area contributed by atoms with Crippen LogP contribution in [0.4, 0.5) is 4.53 Å². The van der Waals surface area contributed by atoms with Crippen molar-refractivity contribution < 1.29 is 14.3 Å². The second kappa shape index (κ2) is 6.19. The van der Waals surface area contributed by atoms with Gasteiger partial charge in [0, 0.05) is 17.1 Å². The van der Waals surface area contributed by atoms with Gasteiger partial charge in [0.05, 0.1) is 12.0 Å². The summed E-state index contributed by atoms with van der Waals surface area (Å²) in [6.07, 6.45) is 1.68. The van der Waals surface area contributed by atoms with Crippen molar-refractivity contribution in [3.63, 3.8) is 0 Å². The first-order valence-electron chi connectivity index (χ1n) is 6.64. The highest BCUT2D eigenvalue weighted by Crippen LogP contribution is 2.34. The lowest BCUT2D eigenvalue weighted by molar-refractivity contribution is -0.179. The van der Waals surface area contributed by atoms with Crippen LogP contribution in [0.1, 0.15) is 0 Å². The third-order valence-corrected chi connectivity index (χ3v) is 4.31. The summed E-state index contributed by atoms with van der Waals surface area (Å²) in [6.45, 7) is 0. The standard InChI is InChI=1S/C16H13FN2O2S/c1-19-10-18-16(22-9-14(20)21-17)15(19)13-8-4-6-11-5-2-3-7-12(11)13/h2-8,10H,9H2,1H3. The van der Waals surface area contributed by atoms with Crippen LogP contribution in [0.2, 0.25) is 0 Å². The van der Waals surface area contributed by atoms with Gasteiger partial charge in [-0.15, -0.1) is 0 Å². The quantitative estimate of drug-likeness (QED) is 0.688. The van der Waals surface area contributed by atoms with Crippen molar-refractivity contribution in [3.05, 3.63) is 48.8 Å². The highest BCUT2D eigenvalue weighted by atomic mass is 32.2. The number of aromatic nitrogens is 2. The van der Waals surface area contributed by atoms with Crippen molar-refractivity contribution in [2.45, 2.75) is 5.03 Å². The normalized spacial score (nSPS) is 10.8. The van der Waals surface area contributed by atoms with Gasteiger partial charge in [0.2, 0.25) is 0 Å². The van der Waals surface area contributed by atoms with Gasteiger partial charge < -0.3 is 4.57 Å². The monoisotopic (exact) mass is 316 g/mol. The van der Waals surface area contributed by atoms with Gasteiger partial charge in [-0.3, -0.25) is 4.94 Å². The highest BCUT2D eigenvalue weighted by Gasteiger charge is 2.16. The molecule has 0 spiro atoms. The Kier molecular flexibility index (Phi) is 4.11. The lowest BCUT2D eigenvalue weighted by atomic mass is 10.0. The molecule has 0 bridgehead atoms. The molecular weight excluding hydrogens is 303 g/mol. The lowest BCUT2D eigenvalue weighted by Gasteiger charge is -2.09. The molecule has 22 heavy (non-hydrogen) atoms. The van der Waals surface area contributed by atoms with Gasteiger partial charge in [0.1, 0.15) is 10.8 Å². The summed E-state index contributed by atoms with van der Waals surface area (Å²) in [5, 5.41) is 2.90. The molecule has 0 saturated heterocycles. The fraction of sp³-hybridized carbons (Fsp3) is 0.125. The summed E-state index contributed by atoms with van der Waals surface area (Å²) in [4.78, 5) is 18.5. The third kappa shape index (κ3) is 2.69. The van der Waals surface area contributed by atoms with Crippen LogP contribution < -0.4 is 0 Å². The number of benzene rings is 2. The number of halogens is 1. The molecule has 2 aromatic carbocycles. The van der Waals surface area contributed by atoms with Crippen LogP contribution in [0.25, 0.3) is 22.0 Å². The van der Waals surface area contributed by atoms with Crippen LogP contribution in [0.3, 0.4) is 0 Å².